The number of rotatable bonds is 7. The largest absolute Gasteiger partial charge is 0.478 e. The Morgan fingerprint density at radius 2 is 1.11 bits per heavy atom. The highest BCUT2D eigenvalue weighted by Gasteiger charge is 2.30. The number of cyclic esters (lactones) is 2. The number of hydrogen-bond donors (Lipinski definition) is 2. The molecule has 0 aliphatic carbocycles. The summed E-state index contributed by atoms with van der Waals surface area (Å²) in [6.45, 7) is 3.21. The topological polar surface area (TPSA) is 166 Å². The van der Waals surface area contributed by atoms with E-state index in [2.05, 4.69) is 37.6 Å². The number of anilines is 2. The van der Waals surface area contributed by atoms with Gasteiger partial charge in [-0.25, -0.2) is 23.2 Å². The summed E-state index contributed by atoms with van der Waals surface area (Å²) in [5.41, 5.74) is 7.90. The summed E-state index contributed by atoms with van der Waals surface area (Å²) < 4.78 is 49.4. The fourth-order valence-electron chi connectivity index (χ4n) is 6.12. The zero-order chi connectivity index (χ0) is 39.6. The smallest absolute Gasteiger partial charge is 0.414 e. The fraction of sp³-hybridized carbons (Fsp3) is 0.179. The Hall–Kier alpha value is -5.58. The van der Waals surface area contributed by atoms with Crippen LogP contribution < -0.4 is 15.5 Å². The van der Waals surface area contributed by atoms with Crippen LogP contribution in [0.5, 0.6) is 0 Å². The van der Waals surface area contributed by atoms with E-state index < -0.39 is 24.0 Å². The lowest BCUT2D eigenvalue weighted by Crippen LogP contribution is -2.23. The molecule has 3 N–H and O–H groups in total. The van der Waals surface area contributed by atoms with Crippen LogP contribution >= 0.6 is 31.9 Å². The minimum atomic E-state index is -1.16. The number of carbonyl (C=O) groups is 4. The number of fused-ring (bicyclic) bond motifs is 2. The molecule has 0 radical (unpaired) electrons. The molecular weight excluding hydrogens is 852 g/mol. The third-order valence-electron chi connectivity index (χ3n) is 8.64. The summed E-state index contributed by atoms with van der Waals surface area (Å²) in [7, 11) is 1.50. The Kier molecular flexibility index (Phi) is 11.7. The van der Waals surface area contributed by atoms with Crippen LogP contribution in [0.1, 0.15) is 34.1 Å². The van der Waals surface area contributed by atoms with Gasteiger partial charge in [0.2, 0.25) is 0 Å². The van der Waals surface area contributed by atoms with Gasteiger partial charge in [0, 0.05) is 49.4 Å². The highest BCUT2D eigenvalue weighted by molar-refractivity contribution is 9.11. The van der Waals surface area contributed by atoms with Crippen LogP contribution in [-0.4, -0.2) is 62.4 Å². The SMILES string of the molecule is CCC(=O)c1c(-c2ccc(F)cc2)oc2cc(N3CCOC3=O)c(Br)cc12.CN.O=C(O)c1c(-c2ccc(F)cc2)oc2cc(N3CCOC3=O)c(Br)cc12. The minimum absolute atomic E-state index is 0.0251. The van der Waals surface area contributed by atoms with E-state index in [9.17, 15) is 33.1 Å². The first-order valence-electron chi connectivity index (χ1n) is 16.7. The summed E-state index contributed by atoms with van der Waals surface area (Å²) in [5, 5.41) is 10.7. The van der Waals surface area contributed by atoms with E-state index in [0.29, 0.717) is 90.8 Å². The number of furan rings is 2. The van der Waals surface area contributed by atoms with Gasteiger partial charge in [-0.2, -0.15) is 0 Å². The zero-order valence-electron chi connectivity index (χ0n) is 29.2. The summed E-state index contributed by atoms with van der Waals surface area (Å²) in [5.74, 6) is -1.52. The summed E-state index contributed by atoms with van der Waals surface area (Å²) in [6, 6.07) is 17.8. The van der Waals surface area contributed by atoms with Crippen molar-refractivity contribution >= 4 is 89.1 Å². The molecule has 2 saturated heterocycles. The molecule has 12 nitrogen and oxygen atoms in total. The lowest BCUT2D eigenvalue weighted by Gasteiger charge is -2.14. The molecule has 6 aromatic rings. The second-order valence-electron chi connectivity index (χ2n) is 11.8. The van der Waals surface area contributed by atoms with Crippen molar-refractivity contribution in [2.45, 2.75) is 13.3 Å². The molecular formula is C39H31Br2F2N3O9. The third kappa shape index (κ3) is 7.70. The van der Waals surface area contributed by atoms with E-state index in [1.807, 2.05) is 0 Å². The number of Topliss-reactive ketones (excluding diaryl/α,β-unsaturated/α-hetero) is 1. The van der Waals surface area contributed by atoms with Crippen LogP contribution in [0.3, 0.4) is 0 Å². The predicted molar refractivity (Wildman–Crippen MR) is 208 cm³/mol. The molecule has 2 aliphatic rings. The summed E-state index contributed by atoms with van der Waals surface area (Å²) in [4.78, 5) is 51.1. The number of ether oxygens (including phenoxy) is 2. The van der Waals surface area contributed by atoms with E-state index in [0.717, 1.165) is 0 Å². The van der Waals surface area contributed by atoms with Gasteiger partial charge in [0.05, 0.1) is 30.0 Å². The number of ketones is 1. The van der Waals surface area contributed by atoms with Crippen molar-refractivity contribution in [1.29, 1.82) is 0 Å². The molecule has 0 atom stereocenters. The summed E-state index contributed by atoms with van der Waals surface area (Å²) >= 11 is 6.86. The monoisotopic (exact) mass is 881 g/mol. The molecule has 8 rings (SSSR count). The predicted octanol–water partition coefficient (Wildman–Crippen LogP) is 9.78. The van der Waals surface area contributed by atoms with Crippen LogP contribution in [0.15, 0.2) is 90.6 Å². The van der Waals surface area contributed by atoms with Crippen LogP contribution in [0, 0.1) is 11.6 Å². The number of carboxylic acid groups (broad SMARTS) is 1. The van der Waals surface area contributed by atoms with Crippen molar-refractivity contribution in [3.63, 3.8) is 0 Å². The zero-order valence-corrected chi connectivity index (χ0v) is 32.3. The van der Waals surface area contributed by atoms with Crippen LogP contribution in [-0.2, 0) is 9.47 Å². The molecule has 284 valence electrons. The Balaban J connectivity index is 0.000000179. The fourth-order valence-corrected chi connectivity index (χ4v) is 7.24. The van der Waals surface area contributed by atoms with Gasteiger partial charge in [-0.15, -0.1) is 0 Å². The lowest BCUT2D eigenvalue weighted by molar-refractivity contribution is 0.0698. The number of hydrogen-bond acceptors (Lipinski definition) is 9. The van der Waals surface area contributed by atoms with Gasteiger partial charge < -0.3 is 29.1 Å². The Morgan fingerprint density at radius 1 is 0.709 bits per heavy atom. The van der Waals surface area contributed by atoms with Crippen molar-refractivity contribution in [2.75, 3.05) is 43.2 Å². The van der Waals surface area contributed by atoms with Crippen LogP contribution in [0.4, 0.5) is 29.7 Å². The average Bonchev–Trinajstić information content (AvgIpc) is 3.97. The first-order chi connectivity index (χ1) is 26.4. The molecule has 55 heavy (non-hydrogen) atoms. The number of amides is 2. The molecule has 2 aromatic heterocycles. The molecule has 0 saturated carbocycles. The number of nitrogens with zero attached hydrogens (tertiary/aromatic N) is 2. The van der Waals surface area contributed by atoms with E-state index >= 15 is 0 Å². The maximum absolute atomic E-state index is 13.3. The van der Waals surface area contributed by atoms with Gasteiger partial charge in [0.25, 0.3) is 0 Å². The standard InChI is InChI=1S/C20H15BrFNO4.C18H11BrFNO5.CH5N/c1-2-16(24)18-13-9-14(21)15(23-7-8-26-20(23)25)10-17(13)27-19(18)11-3-5-12(22)6-4-11;19-12-7-11-14(8-13(12)21-5-6-25-18(21)24)26-16(15(11)17(22)23)9-1-3-10(20)4-2-9;1-2/h3-6,9-10H,2,7-8H2,1H3;1-4,7-8H,5-6H2,(H,22,23);2H2,1H3. The first kappa shape index (κ1) is 39.1. The number of halogens is 4. The highest BCUT2D eigenvalue weighted by Crippen LogP contribution is 2.42. The van der Waals surface area contributed by atoms with Gasteiger partial charge in [-0.1, -0.05) is 6.92 Å². The van der Waals surface area contributed by atoms with Gasteiger partial charge in [0.1, 0.15) is 53.1 Å². The van der Waals surface area contributed by atoms with E-state index in [1.54, 1.807) is 43.3 Å². The molecule has 0 unspecified atom stereocenters. The van der Waals surface area contributed by atoms with Crippen molar-refractivity contribution in [2.24, 2.45) is 5.73 Å². The number of nitrogens with two attached hydrogens (primary N) is 1. The normalized spacial score (nSPS) is 13.7. The second kappa shape index (κ2) is 16.4. The average molecular weight is 883 g/mol. The van der Waals surface area contributed by atoms with Gasteiger partial charge in [0.15, 0.2) is 5.78 Å². The van der Waals surface area contributed by atoms with Gasteiger partial charge >= 0.3 is 18.2 Å². The second-order valence-corrected chi connectivity index (χ2v) is 13.5. The maximum atomic E-state index is 13.3. The Labute approximate surface area is 328 Å². The Morgan fingerprint density at radius 3 is 1.47 bits per heavy atom. The lowest BCUT2D eigenvalue weighted by atomic mass is 10.0. The van der Waals surface area contributed by atoms with Crippen molar-refractivity contribution in [1.82, 2.24) is 0 Å². The molecule has 2 fully saturated rings. The van der Waals surface area contributed by atoms with E-state index in [-0.39, 0.29) is 29.5 Å². The van der Waals surface area contributed by atoms with E-state index in [1.165, 1.54) is 53.2 Å². The summed E-state index contributed by atoms with van der Waals surface area (Å²) in [6.07, 6.45) is -0.597. The van der Waals surface area contributed by atoms with Gasteiger partial charge in [-0.05, 0) is 99.6 Å². The van der Waals surface area contributed by atoms with E-state index in [4.69, 9.17) is 18.3 Å². The first-order valence-corrected chi connectivity index (χ1v) is 18.3. The van der Waals surface area contributed by atoms with Crippen LogP contribution in [0.25, 0.3) is 44.6 Å². The molecule has 0 bridgehead atoms. The molecule has 4 heterocycles. The Bertz CT molecular complexity index is 2450. The quantitative estimate of drug-likeness (QED) is 0.147. The third-order valence-corrected chi connectivity index (χ3v) is 9.92. The minimum Gasteiger partial charge on any atom is -0.478 e. The molecule has 0 spiro atoms. The number of carboxylic acids is 1. The molecule has 16 heteroatoms. The molecule has 2 amide bonds. The van der Waals surface area contributed by atoms with Crippen molar-refractivity contribution in [3.05, 3.63) is 105 Å². The van der Waals surface area contributed by atoms with Gasteiger partial charge in [-0.3, -0.25) is 14.6 Å². The number of aromatic carboxylic acids is 1. The number of benzene rings is 4. The number of carbonyl (C=O) groups excluding carboxylic acids is 3. The molecule has 4 aromatic carbocycles. The van der Waals surface area contributed by atoms with Crippen molar-refractivity contribution < 1.29 is 51.4 Å². The van der Waals surface area contributed by atoms with Crippen LogP contribution in [0.2, 0.25) is 0 Å². The highest BCUT2D eigenvalue weighted by atomic mass is 79.9. The maximum Gasteiger partial charge on any atom is 0.414 e. The van der Waals surface area contributed by atoms with Crippen molar-refractivity contribution in [3.8, 4) is 22.6 Å². The molecule has 2 aliphatic heterocycles.